The van der Waals surface area contributed by atoms with E-state index < -0.39 is 0 Å². The predicted octanol–water partition coefficient (Wildman–Crippen LogP) is 3.65. The Bertz CT molecular complexity index is 1000. The molecule has 2 heterocycles. The maximum atomic E-state index is 8.97. The van der Waals surface area contributed by atoms with Crippen molar-refractivity contribution in [3.63, 3.8) is 0 Å². The highest BCUT2D eigenvalue weighted by atomic mass is 14.9. The number of benzene rings is 2. The van der Waals surface area contributed by atoms with Crippen molar-refractivity contribution in [1.82, 2.24) is 15.0 Å². The van der Waals surface area contributed by atoms with Crippen LogP contribution in [0.1, 0.15) is 5.56 Å². The van der Waals surface area contributed by atoms with Gasteiger partial charge in [-0.25, -0.2) is 4.98 Å². The van der Waals surface area contributed by atoms with Gasteiger partial charge < -0.3 is 4.98 Å². The van der Waals surface area contributed by atoms with E-state index in [0.29, 0.717) is 5.56 Å². The average molecular weight is 270 g/mol. The molecule has 0 amide bonds. The first-order valence-electron chi connectivity index (χ1n) is 6.59. The van der Waals surface area contributed by atoms with E-state index in [0.717, 1.165) is 33.3 Å². The van der Waals surface area contributed by atoms with Gasteiger partial charge in [-0.15, -0.1) is 0 Å². The van der Waals surface area contributed by atoms with Gasteiger partial charge in [0, 0.05) is 17.1 Å². The topological polar surface area (TPSA) is 65.4 Å². The molecule has 0 unspecified atom stereocenters. The first-order valence-corrected chi connectivity index (χ1v) is 6.59. The number of hydrogen-bond acceptors (Lipinski definition) is 3. The highest BCUT2D eigenvalue weighted by Gasteiger charge is 2.09. The molecule has 4 heteroatoms. The van der Waals surface area contributed by atoms with Crippen LogP contribution >= 0.6 is 0 Å². The molecular formula is C17H10N4. The standard InChI is InChI=1S/C17H10N4/c18-10-11-6-7-14-15(9-11)21-17(20-14)13-5-1-3-12-4-2-8-19-16(12)13/h1-9H,(H,20,21). The Morgan fingerprint density at radius 3 is 2.86 bits per heavy atom. The largest absolute Gasteiger partial charge is 0.338 e. The number of nitriles is 1. The molecule has 0 fully saturated rings. The third-order valence-corrected chi connectivity index (χ3v) is 3.50. The summed E-state index contributed by atoms with van der Waals surface area (Å²) in [7, 11) is 0. The van der Waals surface area contributed by atoms with Gasteiger partial charge in [0.25, 0.3) is 0 Å². The number of para-hydroxylation sites is 1. The summed E-state index contributed by atoms with van der Waals surface area (Å²) >= 11 is 0. The van der Waals surface area contributed by atoms with E-state index in [1.54, 1.807) is 12.3 Å². The molecule has 4 rings (SSSR count). The smallest absolute Gasteiger partial charge is 0.140 e. The summed E-state index contributed by atoms with van der Waals surface area (Å²) < 4.78 is 0. The van der Waals surface area contributed by atoms with Crippen molar-refractivity contribution in [3.05, 3.63) is 60.3 Å². The number of hydrogen-bond donors (Lipinski definition) is 1. The second-order valence-corrected chi connectivity index (χ2v) is 4.81. The minimum atomic E-state index is 0.619. The molecular weight excluding hydrogens is 260 g/mol. The fourth-order valence-corrected chi connectivity index (χ4v) is 2.50. The molecule has 4 aromatic rings. The SMILES string of the molecule is N#Cc1ccc2nc(-c3cccc4cccnc34)[nH]c2c1. The zero-order chi connectivity index (χ0) is 14.2. The Morgan fingerprint density at radius 2 is 1.95 bits per heavy atom. The maximum Gasteiger partial charge on any atom is 0.140 e. The van der Waals surface area contributed by atoms with E-state index in [1.165, 1.54) is 0 Å². The van der Waals surface area contributed by atoms with Gasteiger partial charge in [-0.05, 0) is 30.3 Å². The Hall–Kier alpha value is -3.19. The van der Waals surface area contributed by atoms with E-state index >= 15 is 0 Å². The van der Waals surface area contributed by atoms with Gasteiger partial charge in [0.15, 0.2) is 0 Å². The maximum absolute atomic E-state index is 8.97. The summed E-state index contributed by atoms with van der Waals surface area (Å²) in [6, 6.07) is 17.5. The van der Waals surface area contributed by atoms with Gasteiger partial charge >= 0.3 is 0 Å². The summed E-state index contributed by atoms with van der Waals surface area (Å²) in [5, 5.41) is 10.0. The second kappa shape index (κ2) is 4.43. The molecule has 0 atom stereocenters. The number of imidazole rings is 1. The van der Waals surface area contributed by atoms with Crippen molar-refractivity contribution < 1.29 is 0 Å². The second-order valence-electron chi connectivity index (χ2n) is 4.81. The number of aromatic nitrogens is 3. The Kier molecular flexibility index (Phi) is 2.45. The fourth-order valence-electron chi connectivity index (χ4n) is 2.50. The zero-order valence-corrected chi connectivity index (χ0v) is 11.0. The molecule has 0 aliphatic carbocycles. The fraction of sp³-hybridized carbons (Fsp3) is 0. The van der Waals surface area contributed by atoms with Crippen LogP contribution in [0.5, 0.6) is 0 Å². The van der Waals surface area contributed by atoms with E-state index in [9.17, 15) is 0 Å². The van der Waals surface area contributed by atoms with Crippen LogP contribution in [0.2, 0.25) is 0 Å². The number of nitrogens with zero attached hydrogens (tertiary/aromatic N) is 3. The average Bonchev–Trinajstić information content (AvgIpc) is 2.97. The van der Waals surface area contributed by atoms with Gasteiger partial charge in [0.2, 0.25) is 0 Å². The van der Waals surface area contributed by atoms with Crippen LogP contribution in [0.4, 0.5) is 0 Å². The zero-order valence-electron chi connectivity index (χ0n) is 11.0. The van der Waals surface area contributed by atoms with Gasteiger partial charge in [0.05, 0.1) is 28.2 Å². The molecule has 4 nitrogen and oxygen atoms in total. The van der Waals surface area contributed by atoms with Gasteiger partial charge in [-0.2, -0.15) is 5.26 Å². The van der Waals surface area contributed by atoms with E-state index in [4.69, 9.17) is 5.26 Å². The summed E-state index contributed by atoms with van der Waals surface area (Å²) in [5.41, 5.74) is 4.20. The predicted molar refractivity (Wildman–Crippen MR) is 81.5 cm³/mol. The van der Waals surface area contributed by atoms with Crippen molar-refractivity contribution in [3.8, 4) is 17.5 Å². The minimum absolute atomic E-state index is 0.619. The first-order chi connectivity index (χ1) is 10.3. The van der Waals surface area contributed by atoms with Gasteiger partial charge in [-0.1, -0.05) is 18.2 Å². The van der Waals surface area contributed by atoms with Crippen LogP contribution in [-0.2, 0) is 0 Å². The highest BCUT2D eigenvalue weighted by Crippen LogP contribution is 2.26. The molecule has 2 aromatic carbocycles. The number of fused-ring (bicyclic) bond motifs is 2. The van der Waals surface area contributed by atoms with E-state index in [2.05, 4.69) is 21.0 Å². The van der Waals surface area contributed by atoms with Crippen LogP contribution in [0.3, 0.4) is 0 Å². The lowest BCUT2D eigenvalue weighted by atomic mass is 10.1. The number of H-pyrrole nitrogens is 1. The van der Waals surface area contributed by atoms with Crippen LogP contribution in [0.25, 0.3) is 33.3 Å². The molecule has 1 N–H and O–H groups in total. The summed E-state index contributed by atoms with van der Waals surface area (Å²) in [4.78, 5) is 12.3. The van der Waals surface area contributed by atoms with Crippen molar-refractivity contribution >= 4 is 21.9 Å². The summed E-state index contributed by atoms with van der Waals surface area (Å²) in [5.74, 6) is 0.768. The molecule has 0 aliphatic rings. The van der Waals surface area contributed by atoms with E-state index in [-0.39, 0.29) is 0 Å². The third kappa shape index (κ3) is 1.84. The Balaban J connectivity index is 1.98. The number of aromatic amines is 1. The molecule has 2 aromatic heterocycles. The molecule has 0 saturated carbocycles. The number of pyridine rings is 1. The lowest BCUT2D eigenvalue weighted by Crippen LogP contribution is -1.85. The molecule has 0 saturated heterocycles. The molecule has 0 aliphatic heterocycles. The van der Waals surface area contributed by atoms with Gasteiger partial charge in [0.1, 0.15) is 5.82 Å². The van der Waals surface area contributed by atoms with Crippen LogP contribution in [-0.4, -0.2) is 15.0 Å². The molecule has 21 heavy (non-hydrogen) atoms. The normalized spacial score (nSPS) is 10.8. The van der Waals surface area contributed by atoms with Crippen molar-refractivity contribution in [2.45, 2.75) is 0 Å². The Morgan fingerprint density at radius 1 is 1.05 bits per heavy atom. The Labute approximate surface area is 120 Å². The number of nitrogens with one attached hydrogen (secondary N) is 1. The minimum Gasteiger partial charge on any atom is -0.338 e. The highest BCUT2D eigenvalue weighted by molar-refractivity contribution is 5.93. The molecule has 0 bridgehead atoms. The molecule has 0 radical (unpaired) electrons. The van der Waals surface area contributed by atoms with Crippen LogP contribution in [0.15, 0.2) is 54.7 Å². The van der Waals surface area contributed by atoms with Crippen molar-refractivity contribution in [2.24, 2.45) is 0 Å². The monoisotopic (exact) mass is 270 g/mol. The van der Waals surface area contributed by atoms with Crippen molar-refractivity contribution in [2.75, 3.05) is 0 Å². The van der Waals surface area contributed by atoms with Crippen LogP contribution in [0, 0.1) is 11.3 Å². The molecule has 0 spiro atoms. The summed E-state index contributed by atoms with van der Waals surface area (Å²) in [6.45, 7) is 0. The summed E-state index contributed by atoms with van der Waals surface area (Å²) in [6.07, 6.45) is 1.78. The quantitative estimate of drug-likeness (QED) is 0.574. The van der Waals surface area contributed by atoms with E-state index in [1.807, 2.05) is 42.5 Å². The lowest BCUT2D eigenvalue weighted by Gasteiger charge is -2.01. The molecule has 98 valence electrons. The van der Waals surface area contributed by atoms with Crippen LogP contribution < -0.4 is 0 Å². The number of rotatable bonds is 1. The van der Waals surface area contributed by atoms with Crippen molar-refractivity contribution in [1.29, 1.82) is 5.26 Å². The van der Waals surface area contributed by atoms with Gasteiger partial charge in [-0.3, -0.25) is 4.98 Å². The third-order valence-electron chi connectivity index (χ3n) is 3.50. The lowest BCUT2D eigenvalue weighted by molar-refractivity contribution is 1.32. The first kappa shape index (κ1) is 11.6.